The Bertz CT molecular complexity index is 1210. The van der Waals surface area contributed by atoms with Gasteiger partial charge in [-0.25, -0.2) is 0 Å². The molecular weight excluding hydrogens is 564 g/mol. The Kier molecular flexibility index (Phi) is 14.3. The molecule has 3 aromatic rings. The maximum Gasteiger partial charge on any atom is 0.235 e. The van der Waals surface area contributed by atoms with Gasteiger partial charge in [0.25, 0.3) is 0 Å². The second kappa shape index (κ2) is 16.8. The molecule has 0 aliphatic rings. The quantitative estimate of drug-likeness (QED) is 0.161. The van der Waals surface area contributed by atoms with Gasteiger partial charge in [-0.15, -0.1) is 0 Å². The van der Waals surface area contributed by atoms with Crippen molar-refractivity contribution in [2.45, 2.75) is 91.5 Å². The number of anilines is 1. The van der Waals surface area contributed by atoms with Crippen molar-refractivity contribution < 1.29 is 31.0 Å². The van der Waals surface area contributed by atoms with Crippen LogP contribution in [-0.2, 0) is 6.54 Å². The van der Waals surface area contributed by atoms with E-state index in [0.717, 1.165) is 67.6 Å². The molecule has 0 saturated carbocycles. The minimum atomic E-state index is -0.370. The average Bonchev–Trinajstić information content (AvgIpc) is 2.93. The zero-order valence-corrected chi connectivity index (χ0v) is 27.1. The third-order valence-electron chi connectivity index (χ3n) is 7.72. The molecule has 2 aromatic carbocycles. The van der Waals surface area contributed by atoms with Crippen LogP contribution >= 0.6 is 0 Å². The fourth-order valence-corrected chi connectivity index (χ4v) is 5.31. The van der Waals surface area contributed by atoms with Gasteiger partial charge in [-0.05, 0) is 68.1 Å². The lowest BCUT2D eigenvalue weighted by molar-refractivity contribution is -0.903. The summed E-state index contributed by atoms with van der Waals surface area (Å²) in [4.78, 5) is 15.6. The summed E-state index contributed by atoms with van der Waals surface area (Å²) in [5.41, 5.74) is 3.10. The van der Waals surface area contributed by atoms with Crippen LogP contribution < -0.4 is 27.3 Å². The molecule has 0 aliphatic heterocycles. The van der Waals surface area contributed by atoms with Crippen LogP contribution in [0.15, 0.2) is 51.7 Å². The molecule has 1 heterocycles. The number of quaternary nitrogens is 1. The number of nitrogens with zero attached hydrogens (tertiary/aromatic N) is 2. The maximum atomic E-state index is 13.2. The van der Waals surface area contributed by atoms with Gasteiger partial charge in [-0.2, -0.15) is 0 Å². The summed E-state index contributed by atoms with van der Waals surface area (Å²) in [5.74, 6) is -0.0818. The Labute approximate surface area is 252 Å². The van der Waals surface area contributed by atoms with Crippen molar-refractivity contribution >= 4 is 16.7 Å². The first-order chi connectivity index (χ1) is 18.8. The number of rotatable bonds is 17. The zero-order chi connectivity index (χ0) is 28.3. The summed E-state index contributed by atoms with van der Waals surface area (Å²) in [6.07, 6.45) is 12.4. The summed E-state index contributed by atoms with van der Waals surface area (Å²) < 4.78 is 6.99. The predicted molar refractivity (Wildman–Crippen MR) is 166 cm³/mol. The lowest BCUT2D eigenvalue weighted by Gasteiger charge is -2.30. The van der Waals surface area contributed by atoms with Crippen LogP contribution in [0, 0.1) is 0 Å². The largest absolute Gasteiger partial charge is 1.00 e. The van der Waals surface area contributed by atoms with Gasteiger partial charge < -0.3 is 35.9 Å². The highest BCUT2D eigenvalue weighted by Gasteiger charge is 2.19. The molecule has 0 amide bonds. The number of aromatic hydroxyl groups is 1. The van der Waals surface area contributed by atoms with Crippen LogP contribution in [0.1, 0.15) is 90.5 Å². The Morgan fingerprint density at radius 3 is 2.02 bits per heavy atom. The first-order valence-electron chi connectivity index (χ1n) is 15.3. The van der Waals surface area contributed by atoms with Crippen molar-refractivity contribution in [2.75, 3.05) is 38.6 Å². The van der Waals surface area contributed by atoms with Crippen molar-refractivity contribution in [3.8, 4) is 17.1 Å². The molecule has 0 fully saturated rings. The molecule has 5 nitrogen and oxygen atoms in total. The zero-order valence-electron chi connectivity index (χ0n) is 25.5. The van der Waals surface area contributed by atoms with Gasteiger partial charge in [-0.3, -0.25) is 4.79 Å². The van der Waals surface area contributed by atoms with Gasteiger partial charge in [0.1, 0.15) is 12.1 Å². The Morgan fingerprint density at radius 2 is 1.40 bits per heavy atom. The van der Waals surface area contributed by atoms with Crippen molar-refractivity contribution in [1.29, 1.82) is 0 Å². The van der Waals surface area contributed by atoms with E-state index in [2.05, 4.69) is 58.0 Å². The molecule has 0 bridgehead atoms. The molecule has 0 radical (unpaired) electrons. The fourth-order valence-electron chi connectivity index (χ4n) is 5.31. The number of hydrogen-bond acceptors (Lipinski definition) is 4. The highest BCUT2D eigenvalue weighted by atomic mass is 79.9. The Balaban J connectivity index is 0.00000560. The number of hydrogen-bond donors (Lipinski definition) is 1. The van der Waals surface area contributed by atoms with E-state index in [9.17, 15) is 9.90 Å². The molecular formula is C34H51BrN2O3. The molecule has 1 aromatic heterocycles. The fraction of sp³-hybridized carbons (Fsp3) is 0.559. The second-order valence-corrected chi connectivity index (χ2v) is 11.8. The lowest BCUT2D eigenvalue weighted by Crippen LogP contribution is -3.00. The van der Waals surface area contributed by atoms with Crippen molar-refractivity contribution in [2.24, 2.45) is 0 Å². The van der Waals surface area contributed by atoms with E-state index in [4.69, 9.17) is 4.42 Å². The molecule has 222 valence electrons. The topological polar surface area (TPSA) is 53.7 Å². The highest BCUT2D eigenvalue weighted by molar-refractivity contribution is 5.82. The molecule has 0 unspecified atom stereocenters. The Hall–Kier alpha value is -2.31. The smallest absolute Gasteiger partial charge is 0.235 e. The number of unbranched alkanes of at least 4 members (excludes halogenated alkanes) is 7. The molecule has 0 spiro atoms. The van der Waals surface area contributed by atoms with Gasteiger partial charge >= 0.3 is 0 Å². The van der Waals surface area contributed by atoms with Crippen LogP contribution in [0.5, 0.6) is 5.75 Å². The normalized spacial score (nSPS) is 11.5. The van der Waals surface area contributed by atoms with E-state index in [1.807, 2.05) is 24.3 Å². The number of benzene rings is 2. The minimum Gasteiger partial charge on any atom is -1.00 e. The standard InChI is InChI=1S/C34H50N2O3.BrH/c1-6-9-12-13-14-15-24-36(4,5)26-27-16-21-31-30(25-27)32(37)33(38)34(39-31)28-17-19-29(20-18-28)35(22-10-7-2)23-11-8-3;/h16-21,25H,6-15,22-24,26H2,1-5H3;1H. The van der Waals surface area contributed by atoms with Gasteiger partial charge in [0, 0.05) is 29.9 Å². The third-order valence-corrected chi connectivity index (χ3v) is 7.72. The van der Waals surface area contributed by atoms with E-state index in [1.165, 1.54) is 38.5 Å². The predicted octanol–water partition coefficient (Wildman–Crippen LogP) is 5.51. The molecule has 0 aliphatic carbocycles. The van der Waals surface area contributed by atoms with E-state index in [1.54, 1.807) is 0 Å². The van der Waals surface area contributed by atoms with Crippen molar-refractivity contribution in [3.05, 3.63) is 58.3 Å². The SMILES string of the molecule is CCCCCCCC[N+](C)(C)Cc1ccc2oc(-c3ccc(N(CCCC)CCCC)cc3)c(O)c(=O)c2c1.[Br-]. The highest BCUT2D eigenvalue weighted by Crippen LogP contribution is 2.32. The molecule has 0 atom stereocenters. The van der Waals surface area contributed by atoms with Gasteiger partial charge in [0.2, 0.25) is 11.2 Å². The molecule has 6 heteroatoms. The molecule has 1 N–H and O–H groups in total. The van der Waals surface area contributed by atoms with Gasteiger partial charge in [-0.1, -0.05) is 59.3 Å². The second-order valence-electron chi connectivity index (χ2n) is 11.8. The van der Waals surface area contributed by atoms with Gasteiger partial charge in [0.15, 0.2) is 5.76 Å². The number of fused-ring (bicyclic) bond motifs is 1. The number of halogens is 1. The van der Waals surface area contributed by atoms with Crippen LogP contribution in [0.4, 0.5) is 5.69 Å². The lowest BCUT2D eigenvalue weighted by atomic mass is 10.1. The first kappa shape index (κ1) is 33.9. The van der Waals surface area contributed by atoms with E-state index >= 15 is 0 Å². The Morgan fingerprint density at radius 1 is 0.800 bits per heavy atom. The maximum absolute atomic E-state index is 13.2. The monoisotopic (exact) mass is 614 g/mol. The van der Waals surface area contributed by atoms with E-state index < -0.39 is 0 Å². The summed E-state index contributed by atoms with van der Waals surface area (Å²) in [5, 5.41) is 11.3. The summed E-state index contributed by atoms with van der Waals surface area (Å²) >= 11 is 0. The van der Waals surface area contributed by atoms with Crippen molar-refractivity contribution in [1.82, 2.24) is 0 Å². The van der Waals surface area contributed by atoms with Crippen LogP contribution in [0.25, 0.3) is 22.3 Å². The summed E-state index contributed by atoms with van der Waals surface area (Å²) in [6.45, 7) is 10.7. The van der Waals surface area contributed by atoms with E-state index in [0.29, 0.717) is 16.5 Å². The van der Waals surface area contributed by atoms with E-state index in [-0.39, 0.29) is 33.9 Å². The van der Waals surface area contributed by atoms with Gasteiger partial charge in [0.05, 0.1) is 26.0 Å². The summed E-state index contributed by atoms with van der Waals surface area (Å²) in [6, 6.07) is 13.9. The minimum absolute atomic E-state index is 0. The van der Waals surface area contributed by atoms with Crippen LogP contribution in [0.2, 0.25) is 0 Å². The van der Waals surface area contributed by atoms with Crippen LogP contribution in [-0.4, -0.2) is 43.3 Å². The molecule has 0 saturated heterocycles. The summed E-state index contributed by atoms with van der Waals surface area (Å²) in [7, 11) is 4.49. The van der Waals surface area contributed by atoms with Crippen LogP contribution in [0.3, 0.4) is 0 Å². The third kappa shape index (κ3) is 9.66. The van der Waals surface area contributed by atoms with Crippen molar-refractivity contribution in [3.63, 3.8) is 0 Å². The molecule has 40 heavy (non-hydrogen) atoms. The first-order valence-corrected chi connectivity index (χ1v) is 15.3. The molecule has 3 rings (SSSR count). The average molecular weight is 616 g/mol.